The van der Waals surface area contributed by atoms with Gasteiger partial charge in [-0.15, -0.1) is 0 Å². The molecule has 1 unspecified atom stereocenters. The van der Waals surface area contributed by atoms with E-state index in [1.54, 1.807) is 6.07 Å². The van der Waals surface area contributed by atoms with Gasteiger partial charge in [0, 0.05) is 0 Å². The summed E-state index contributed by atoms with van der Waals surface area (Å²) in [6.07, 6.45) is 0.553. The summed E-state index contributed by atoms with van der Waals surface area (Å²) in [5.74, 6) is -0.980. The van der Waals surface area contributed by atoms with Crippen molar-refractivity contribution in [3.8, 4) is 0 Å². The van der Waals surface area contributed by atoms with Gasteiger partial charge < -0.3 is 9.84 Å². The standard InChI is InChI=1S/C13H13NO4/c15-11(16)13(14-7-8-18-12(14)17)6-5-9-3-1-2-4-10(9)13/h1-4H,5-8H2,(H,15,16). The first-order valence-electron chi connectivity index (χ1n) is 5.92. The number of carboxylic acids is 1. The molecule has 18 heavy (non-hydrogen) atoms. The van der Waals surface area contributed by atoms with Crippen LogP contribution in [0.3, 0.4) is 0 Å². The molecule has 1 N–H and O–H groups in total. The van der Waals surface area contributed by atoms with Crippen molar-refractivity contribution < 1.29 is 19.4 Å². The summed E-state index contributed by atoms with van der Waals surface area (Å²) in [7, 11) is 0. The minimum absolute atomic E-state index is 0.260. The van der Waals surface area contributed by atoms with Crippen LogP contribution in [0.1, 0.15) is 17.5 Å². The van der Waals surface area contributed by atoms with Crippen molar-refractivity contribution >= 4 is 12.1 Å². The maximum absolute atomic E-state index is 11.8. The highest BCUT2D eigenvalue weighted by molar-refractivity contribution is 5.88. The maximum Gasteiger partial charge on any atom is 0.411 e. The summed E-state index contributed by atoms with van der Waals surface area (Å²) in [5, 5.41) is 9.64. The SMILES string of the molecule is O=C1OCCN1C1(C(=O)O)CCc2ccccc21. The normalized spacial score (nSPS) is 26.0. The van der Waals surface area contributed by atoms with Gasteiger partial charge in [0.15, 0.2) is 5.54 Å². The number of cyclic esters (lactones) is 1. The van der Waals surface area contributed by atoms with E-state index in [2.05, 4.69) is 0 Å². The van der Waals surface area contributed by atoms with E-state index in [4.69, 9.17) is 4.74 Å². The van der Waals surface area contributed by atoms with Gasteiger partial charge in [0.25, 0.3) is 0 Å². The Labute approximate surface area is 104 Å². The van der Waals surface area contributed by atoms with Crippen molar-refractivity contribution in [1.82, 2.24) is 4.90 Å². The van der Waals surface area contributed by atoms with Crippen molar-refractivity contribution in [3.05, 3.63) is 35.4 Å². The van der Waals surface area contributed by atoms with Crippen LogP contribution in [0.2, 0.25) is 0 Å². The first kappa shape index (κ1) is 11.1. The van der Waals surface area contributed by atoms with Gasteiger partial charge in [-0.1, -0.05) is 24.3 Å². The van der Waals surface area contributed by atoms with Crippen molar-refractivity contribution in [2.45, 2.75) is 18.4 Å². The van der Waals surface area contributed by atoms with E-state index in [9.17, 15) is 14.7 Å². The number of hydrogen-bond acceptors (Lipinski definition) is 3. The Hall–Kier alpha value is -2.04. The lowest BCUT2D eigenvalue weighted by Crippen LogP contribution is -2.51. The number of carbonyl (C=O) groups is 2. The number of nitrogens with zero attached hydrogens (tertiary/aromatic N) is 1. The number of fused-ring (bicyclic) bond motifs is 1. The van der Waals surface area contributed by atoms with Crippen LogP contribution in [0.15, 0.2) is 24.3 Å². The molecular weight excluding hydrogens is 234 g/mol. The predicted molar refractivity (Wildman–Crippen MR) is 62.1 cm³/mol. The molecule has 5 nitrogen and oxygen atoms in total. The zero-order valence-electron chi connectivity index (χ0n) is 9.76. The second-order valence-corrected chi connectivity index (χ2v) is 4.59. The highest BCUT2D eigenvalue weighted by Gasteiger charge is 2.54. The number of aliphatic carboxylic acids is 1. The molecule has 0 radical (unpaired) electrons. The van der Waals surface area contributed by atoms with E-state index in [1.807, 2.05) is 18.2 Å². The zero-order valence-corrected chi connectivity index (χ0v) is 9.76. The van der Waals surface area contributed by atoms with E-state index in [1.165, 1.54) is 4.90 Å². The maximum atomic E-state index is 11.8. The molecule has 0 aromatic heterocycles. The second-order valence-electron chi connectivity index (χ2n) is 4.59. The summed E-state index contributed by atoms with van der Waals surface area (Å²) < 4.78 is 4.89. The lowest BCUT2D eigenvalue weighted by atomic mass is 9.90. The van der Waals surface area contributed by atoms with Crippen molar-refractivity contribution in [2.24, 2.45) is 0 Å². The lowest BCUT2D eigenvalue weighted by Gasteiger charge is -2.33. The molecule has 0 bridgehead atoms. The van der Waals surface area contributed by atoms with E-state index in [-0.39, 0.29) is 6.61 Å². The molecule has 5 heteroatoms. The Balaban J connectivity index is 2.15. The minimum Gasteiger partial charge on any atom is -0.479 e. The molecule has 1 heterocycles. The average Bonchev–Trinajstić information content (AvgIpc) is 2.93. The smallest absolute Gasteiger partial charge is 0.411 e. The summed E-state index contributed by atoms with van der Waals surface area (Å²) in [6.45, 7) is 0.593. The molecule has 0 spiro atoms. The summed E-state index contributed by atoms with van der Waals surface area (Å²) in [5.41, 5.74) is 0.473. The van der Waals surface area contributed by atoms with Crippen molar-refractivity contribution in [2.75, 3.05) is 13.2 Å². The van der Waals surface area contributed by atoms with Gasteiger partial charge in [-0.25, -0.2) is 9.59 Å². The Morgan fingerprint density at radius 1 is 1.39 bits per heavy atom. The molecule has 1 aromatic rings. The van der Waals surface area contributed by atoms with Crippen LogP contribution in [0.4, 0.5) is 4.79 Å². The van der Waals surface area contributed by atoms with E-state index in [0.29, 0.717) is 19.4 Å². The summed E-state index contributed by atoms with van der Waals surface area (Å²) >= 11 is 0. The van der Waals surface area contributed by atoms with Crippen LogP contribution in [-0.4, -0.2) is 35.2 Å². The van der Waals surface area contributed by atoms with Crippen LogP contribution in [0.25, 0.3) is 0 Å². The first-order valence-corrected chi connectivity index (χ1v) is 5.92. The topological polar surface area (TPSA) is 66.8 Å². The van der Waals surface area contributed by atoms with Crippen LogP contribution in [-0.2, 0) is 21.5 Å². The second kappa shape index (κ2) is 3.73. The van der Waals surface area contributed by atoms with E-state index >= 15 is 0 Å². The highest BCUT2D eigenvalue weighted by atomic mass is 16.6. The van der Waals surface area contributed by atoms with E-state index < -0.39 is 17.6 Å². The predicted octanol–water partition coefficient (Wildman–Crippen LogP) is 1.36. The van der Waals surface area contributed by atoms with Gasteiger partial charge in [0.05, 0.1) is 6.54 Å². The van der Waals surface area contributed by atoms with Crippen LogP contribution in [0, 0.1) is 0 Å². The molecule has 1 atom stereocenters. The number of aryl methyl sites for hydroxylation is 1. The third-order valence-corrected chi connectivity index (χ3v) is 3.79. The number of hydrogen-bond donors (Lipinski definition) is 1. The van der Waals surface area contributed by atoms with Gasteiger partial charge in [0.1, 0.15) is 6.61 Å². The molecule has 1 aliphatic carbocycles. The fraction of sp³-hybridized carbons (Fsp3) is 0.385. The van der Waals surface area contributed by atoms with Crippen LogP contribution < -0.4 is 0 Å². The number of ether oxygens (including phenoxy) is 1. The van der Waals surface area contributed by atoms with E-state index in [0.717, 1.165) is 11.1 Å². The van der Waals surface area contributed by atoms with Gasteiger partial charge >= 0.3 is 12.1 Å². The third kappa shape index (κ3) is 1.27. The number of carboxylic acid groups (broad SMARTS) is 1. The molecule has 94 valence electrons. The number of rotatable bonds is 2. The third-order valence-electron chi connectivity index (χ3n) is 3.79. The van der Waals surface area contributed by atoms with Crippen molar-refractivity contribution in [3.63, 3.8) is 0 Å². The Morgan fingerprint density at radius 3 is 2.83 bits per heavy atom. The molecular formula is C13H13NO4. The molecule has 2 aliphatic rings. The van der Waals surface area contributed by atoms with Crippen LogP contribution >= 0.6 is 0 Å². The molecule has 0 saturated carbocycles. The molecule has 1 fully saturated rings. The largest absolute Gasteiger partial charge is 0.479 e. The quantitative estimate of drug-likeness (QED) is 0.857. The number of amides is 1. The first-order chi connectivity index (χ1) is 8.66. The fourth-order valence-electron chi connectivity index (χ4n) is 2.95. The average molecular weight is 247 g/mol. The highest BCUT2D eigenvalue weighted by Crippen LogP contribution is 2.43. The zero-order chi connectivity index (χ0) is 12.8. The molecule has 1 saturated heterocycles. The van der Waals surface area contributed by atoms with Gasteiger partial charge in [0.2, 0.25) is 0 Å². The summed E-state index contributed by atoms with van der Waals surface area (Å²) in [4.78, 5) is 24.8. The Bertz CT molecular complexity index is 527. The number of benzene rings is 1. The minimum atomic E-state index is -1.25. The lowest BCUT2D eigenvalue weighted by molar-refractivity contribution is -0.150. The van der Waals surface area contributed by atoms with Gasteiger partial charge in [-0.05, 0) is 24.0 Å². The molecule has 3 rings (SSSR count). The van der Waals surface area contributed by atoms with Gasteiger partial charge in [-0.2, -0.15) is 0 Å². The van der Waals surface area contributed by atoms with Gasteiger partial charge in [-0.3, -0.25) is 4.90 Å². The molecule has 1 amide bonds. The Kier molecular flexibility index (Phi) is 2.29. The van der Waals surface area contributed by atoms with Crippen LogP contribution in [0.5, 0.6) is 0 Å². The number of carbonyl (C=O) groups excluding carboxylic acids is 1. The monoisotopic (exact) mass is 247 g/mol. The Morgan fingerprint density at radius 2 is 2.17 bits per heavy atom. The molecule has 1 aliphatic heterocycles. The molecule has 1 aromatic carbocycles. The summed E-state index contributed by atoms with van der Waals surface area (Å²) in [6, 6.07) is 7.41. The van der Waals surface area contributed by atoms with Crippen molar-refractivity contribution in [1.29, 1.82) is 0 Å². The fourth-order valence-corrected chi connectivity index (χ4v) is 2.95.